The van der Waals surface area contributed by atoms with E-state index in [2.05, 4.69) is 10.2 Å². The molecule has 2 atom stereocenters. The van der Waals surface area contributed by atoms with Gasteiger partial charge in [0.1, 0.15) is 10.0 Å². The highest BCUT2D eigenvalue weighted by molar-refractivity contribution is 7.11. The van der Waals surface area contributed by atoms with Gasteiger partial charge in [-0.25, -0.2) is 0 Å². The Labute approximate surface area is 74.2 Å². The second-order valence-electron chi connectivity index (χ2n) is 2.87. The predicted octanol–water partition coefficient (Wildman–Crippen LogP) is 0.321. The normalized spacial score (nSPS) is 29.5. The van der Waals surface area contributed by atoms with Crippen LogP contribution in [-0.4, -0.2) is 34.6 Å². The quantitative estimate of drug-likeness (QED) is 0.686. The van der Waals surface area contributed by atoms with Gasteiger partial charge in [0.2, 0.25) is 0 Å². The molecule has 1 aliphatic rings. The Kier molecular flexibility index (Phi) is 2.08. The lowest BCUT2D eigenvalue weighted by atomic mass is 10.1. The first-order chi connectivity index (χ1) is 5.77. The summed E-state index contributed by atoms with van der Waals surface area (Å²) >= 11 is 1.53. The molecule has 0 amide bonds. The van der Waals surface area contributed by atoms with E-state index in [9.17, 15) is 5.11 Å². The number of hydrogen-bond donors (Lipinski definition) is 1. The van der Waals surface area contributed by atoms with Crippen LogP contribution in [0.2, 0.25) is 0 Å². The van der Waals surface area contributed by atoms with Crippen molar-refractivity contribution in [1.29, 1.82) is 0 Å². The monoisotopic (exact) mass is 186 g/mol. The number of aliphatic hydroxyl groups is 1. The zero-order valence-corrected chi connectivity index (χ0v) is 7.54. The first-order valence-electron chi connectivity index (χ1n) is 3.83. The Bertz CT molecular complexity index is 276. The van der Waals surface area contributed by atoms with Crippen LogP contribution in [0.4, 0.5) is 0 Å². The minimum absolute atomic E-state index is 0.0381. The molecular formula is C7H10N2O2S. The molecule has 2 rings (SSSR count). The molecule has 0 saturated carbocycles. The topological polar surface area (TPSA) is 55.2 Å². The molecule has 66 valence electrons. The molecule has 1 N–H and O–H groups in total. The van der Waals surface area contributed by atoms with Crippen LogP contribution in [0.15, 0.2) is 0 Å². The molecule has 1 aromatic rings. The smallest absolute Gasteiger partial charge is 0.125 e. The van der Waals surface area contributed by atoms with Gasteiger partial charge in [0, 0.05) is 0 Å². The summed E-state index contributed by atoms with van der Waals surface area (Å²) in [6.07, 6.45) is -0.405. The Morgan fingerprint density at radius 3 is 2.83 bits per heavy atom. The maximum atomic E-state index is 9.47. The second kappa shape index (κ2) is 3.08. The van der Waals surface area contributed by atoms with E-state index in [0.29, 0.717) is 13.2 Å². The van der Waals surface area contributed by atoms with Crippen LogP contribution in [0.3, 0.4) is 0 Å². The van der Waals surface area contributed by atoms with Gasteiger partial charge in [-0.05, 0) is 6.92 Å². The van der Waals surface area contributed by atoms with Crippen molar-refractivity contribution < 1.29 is 9.84 Å². The minimum Gasteiger partial charge on any atom is -0.390 e. The summed E-state index contributed by atoms with van der Waals surface area (Å²) in [7, 11) is 0. The Hall–Kier alpha value is -0.520. The van der Waals surface area contributed by atoms with Gasteiger partial charge in [-0.3, -0.25) is 0 Å². The van der Waals surface area contributed by atoms with Crippen molar-refractivity contribution in [2.75, 3.05) is 13.2 Å². The van der Waals surface area contributed by atoms with E-state index in [1.165, 1.54) is 11.3 Å². The highest BCUT2D eigenvalue weighted by atomic mass is 32.1. The molecule has 0 aliphatic carbocycles. The molecule has 1 aromatic heterocycles. The van der Waals surface area contributed by atoms with E-state index < -0.39 is 6.10 Å². The third kappa shape index (κ3) is 1.35. The first kappa shape index (κ1) is 8.10. The summed E-state index contributed by atoms with van der Waals surface area (Å²) in [5.74, 6) is 0.0381. The van der Waals surface area contributed by atoms with Crippen LogP contribution in [-0.2, 0) is 4.74 Å². The fourth-order valence-corrected chi connectivity index (χ4v) is 2.08. The number of aliphatic hydroxyl groups excluding tert-OH is 1. The highest BCUT2D eigenvalue weighted by Gasteiger charge is 2.30. The van der Waals surface area contributed by atoms with Crippen molar-refractivity contribution in [3.8, 4) is 0 Å². The first-order valence-corrected chi connectivity index (χ1v) is 4.65. The molecule has 2 unspecified atom stereocenters. The van der Waals surface area contributed by atoms with E-state index in [-0.39, 0.29) is 5.92 Å². The lowest BCUT2D eigenvalue weighted by molar-refractivity contribution is 0.124. The molecule has 0 radical (unpaired) electrons. The van der Waals surface area contributed by atoms with E-state index in [1.54, 1.807) is 0 Å². The van der Waals surface area contributed by atoms with Crippen molar-refractivity contribution in [3.63, 3.8) is 0 Å². The Morgan fingerprint density at radius 2 is 2.33 bits per heavy atom. The lowest BCUT2D eigenvalue weighted by Gasteiger charge is -2.06. The predicted molar refractivity (Wildman–Crippen MR) is 44.2 cm³/mol. The van der Waals surface area contributed by atoms with E-state index >= 15 is 0 Å². The zero-order chi connectivity index (χ0) is 8.55. The third-order valence-corrected chi connectivity index (χ3v) is 2.88. The van der Waals surface area contributed by atoms with Crippen LogP contribution in [0.5, 0.6) is 0 Å². The van der Waals surface area contributed by atoms with Crippen molar-refractivity contribution in [1.82, 2.24) is 10.2 Å². The summed E-state index contributed by atoms with van der Waals surface area (Å²) in [6, 6.07) is 0. The Balaban J connectivity index is 2.19. The molecule has 4 nitrogen and oxygen atoms in total. The van der Waals surface area contributed by atoms with Gasteiger partial charge in [0.25, 0.3) is 0 Å². The van der Waals surface area contributed by atoms with E-state index in [4.69, 9.17) is 4.74 Å². The van der Waals surface area contributed by atoms with E-state index in [0.717, 1.165) is 10.0 Å². The molecule has 1 aliphatic heterocycles. The third-order valence-electron chi connectivity index (χ3n) is 1.91. The maximum Gasteiger partial charge on any atom is 0.125 e. The molecule has 2 heterocycles. The zero-order valence-electron chi connectivity index (χ0n) is 6.73. The van der Waals surface area contributed by atoms with Crippen molar-refractivity contribution in [2.45, 2.75) is 18.9 Å². The van der Waals surface area contributed by atoms with Gasteiger partial charge in [-0.2, -0.15) is 0 Å². The fraction of sp³-hybridized carbons (Fsp3) is 0.714. The van der Waals surface area contributed by atoms with E-state index in [1.807, 2.05) is 6.92 Å². The van der Waals surface area contributed by atoms with Gasteiger partial charge in [-0.1, -0.05) is 0 Å². The minimum atomic E-state index is -0.405. The van der Waals surface area contributed by atoms with Gasteiger partial charge >= 0.3 is 0 Å². The Morgan fingerprint density at radius 1 is 1.50 bits per heavy atom. The van der Waals surface area contributed by atoms with Crippen LogP contribution in [0.1, 0.15) is 15.9 Å². The summed E-state index contributed by atoms with van der Waals surface area (Å²) in [5, 5.41) is 19.2. The molecule has 0 aromatic carbocycles. The number of ether oxygens (including phenoxy) is 1. The highest BCUT2D eigenvalue weighted by Crippen LogP contribution is 2.27. The number of hydrogen-bond acceptors (Lipinski definition) is 5. The van der Waals surface area contributed by atoms with Crippen molar-refractivity contribution in [3.05, 3.63) is 10.0 Å². The molecule has 0 bridgehead atoms. The van der Waals surface area contributed by atoms with Crippen LogP contribution < -0.4 is 0 Å². The molecular weight excluding hydrogens is 176 g/mol. The number of aryl methyl sites for hydroxylation is 1. The molecule has 1 fully saturated rings. The van der Waals surface area contributed by atoms with Crippen molar-refractivity contribution in [2.24, 2.45) is 0 Å². The lowest BCUT2D eigenvalue weighted by Crippen LogP contribution is -2.15. The average Bonchev–Trinajstić information content (AvgIpc) is 2.58. The van der Waals surface area contributed by atoms with Gasteiger partial charge in [0.15, 0.2) is 0 Å². The maximum absolute atomic E-state index is 9.47. The van der Waals surface area contributed by atoms with Gasteiger partial charge in [0.05, 0.1) is 25.2 Å². The van der Waals surface area contributed by atoms with Gasteiger partial charge < -0.3 is 9.84 Å². The number of nitrogens with zero attached hydrogens (tertiary/aromatic N) is 2. The van der Waals surface area contributed by atoms with Crippen LogP contribution in [0.25, 0.3) is 0 Å². The van der Waals surface area contributed by atoms with Gasteiger partial charge in [-0.15, -0.1) is 21.5 Å². The van der Waals surface area contributed by atoms with Crippen LogP contribution >= 0.6 is 11.3 Å². The molecule has 0 spiro atoms. The summed E-state index contributed by atoms with van der Waals surface area (Å²) in [6.45, 7) is 2.89. The standard InChI is InChI=1S/C7H10N2O2S/c1-4-8-9-7(12-4)5-2-11-3-6(5)10/h5-6,10H,2-3H2,1H3. The second-order valence-corrected chi connectivity index (χ2v) is 4.08. The average molecular weight is 186 g/mol. The molecule has 1 saturated heterocycles. The summed E-state index contributed by atoms with van der Waals surface area (Å²) < 4.78 is 5.12. The largest absolute Gasteiger partial charge is 0.390 e. The summed E-state index contributed by atoms with van der Waals surface area (Å²) in [5.41, 5.74) is 0. The fourth-order valence-electron chi connectivity index (χ4n) is 1.24. The van der Waals surface area contributed by atoms with Crippen molar-refractivity contribution >= 4 is 11.3 Å². The molecule has 5 heteroatoms. The number of aromatic nitrogens is 2. The molecule has 12 heavy (non-hydrogen) atoms. The van der Waals surface area contributed by atoms with Crippen LogP contribution in [0, 0.1) is 6.92 Å². The summed E-state index contributed by atoms with van der Waals surface area (Å²) in [4.78, 5) is 0. The SMILES string of the molecule is Cc1nnc(C2COCC2O)s1. The number of rotatable bonds is 1.